The third kappa shape index (κ3) is 5.02. The molecule has 1 aliphatic rings. The van der Waals surface area contributed by atoms with Crippen LogP contribution in [0.25, 0.3) is 6.08 Å². The van der Waals surface area contributed by atoms with Crippen molar-refractivity contribution in [3.8, 4) is 5.75 Å². The number of carbonyl (C=O) groups is 4. The average molecular weight is 455 g/mol. The molecule has 0 unspecified atom stereocenters. The van der Waals surface area contributed by atoms with E-state index >= 15 is 0 Å². The molecule has 0 aliphatic carbocycles. The standard InChI is InChI=1S/C26H21N3O5/c1-17-11-13-20(14-12-17)29-25(32)21(24(31)28-26(29)33)15-18-7-5-6-10-22(18)34-16-23(30)27-19-8-3-2-4-9-19/h2-15H,16H2,1H3,(H,27,30)(H,28,31,33)/b21-15+. The Kier molecular flexibility index (Phi) is 6.49. The van der Waals surface area contributed by atoms with Crippen molar-refractivity contribution in [2.45, 2.75) is 6.92 Å². The number of ether oxygens (including phenoxy) is 1. The summed E-state index contributed by atoms with van der Waals surface area (Å²) < 4.78 is 5.65. The quantitative estimate of drug-likeness (QED) is 0.436. The molecule has 5 amide bonds. The maximum absolute atomic E-state index is 13.1. The molecule has 34 heavy (non-hydrogen) atoms. The van der Waals surface area contributed by atoms with Gasteiger partial charge in [-0.1, -0.05) is 54.1 Å². The smallest absolute Gasteiger partial charge is 0.335 e. The molecule has 170 valence electrons. The molecule has 2 N–H and O–H groups in total. The van der Waals surface area contributed by atoms with Crippen LogP contribution in [0.5, 0.6) is 5.75 Å². The van der Waals surface area contributed by atoms with E-state index in [-0.39, 0.29) is 18.1 Å². The average Bonchev–Trinajstić information content (AvgIpc) is 2.83. The predicted molar refractivity (Wildman–Crippen MR) is 127 cm³/mol. The number of hydrogen-bond donors (Lipinski definition) is 2. The Balaban J connectivity index is 1.55. The highest BCUT2D eigenvalue weighted by atomic mass is 16.5. The molecule has 0 radical (unpaired) electrons. The molecule has 0 atom stereocenters. The van der Waals surface area contributed by atoms with Crippen molar-refractivity contribution in [3.05, 3.63) is 95.6 Å². The molecule has 3 aromatic rings. The molecule has 0 spiro atoms. The van der Waals surface area contributed by atoms with Gasteiger partial charge in [0.2, 0.25) is 0 Å². The first-order valence-corrected chi connectivity index (χ1v) is 10.5. The minimum absolute atomic E-state index is 0.232. The molecule has 1 aliphatic heterocycles. The molecule has 4 rings (SSSR count). The van der Waals surface area contributed by atoms with Gasteiger partial charge in [-0.05, 0) is 43.3 Å². The van der Waals surface area contributed by atoms with E-state index in [4.69, 9.17) is 4.74 Å². The van der Waals surface area contributed by atoms with Crippen molar-refractivity contribution in [1.29, 1.82) is 0 Å². The number of anilines is 2. The van der Waals surface area contributed by atoms with Crippen LogP contribution < -0.4 is 20.3 Å². The molecule has 1 heterocycles. The molecule has 0 saturated carbocycles. The summed E-state index contributed by atoms with van der Waals surface area (Å²) >= 11 is 0. The van der Waals surface area contributed by atoms with Crippen LogP contribution in [-0.4, -0.2) is 30.4 Å². The number of carbonyl (C=O) groups excluding carboxylic acids is 4. The molecule has 0 bridgehead atoms. The Morgan fingerprint density at radius 1 is 0.941 bits per heavy atom. The van der Waals surface area contributed by atoms with Crippen LogP contribution >= 0.6 is 0 Å². The molecule has 8 heteroatoms. The van der Waals surface area contributed by atoms with Gasteiger partial charge < -0.3 is 10.1 Å². The van der Waals surface area contributed by atoms with E-state index in [1.807, 2.05) is 13.0 Å². The fraction of sp³-hybridized carbons (Fsp3) is 0.0769. The monoisotopic (exact) mass is 455 g/mol. The number of hydrogen-bond acceptors (Lipinski definition) is 5. The predicted octanol–water partition coefficient (Wildman–Crippen LogP) is 3.68. The number of benzene rings is 3. The molecule has 1 fully saturated rings. The first-order valence-electron chi connectivity index (χ1n) is 10.5. The lowest BCUT2D eigenvalue weighted by molar-refractivity contribution is -0.122. The maximum Gasteiger partial charge on any atom is 0.335 e. The topological polar surface area (TPSA) is 105 Å². The second-order valence-electron chi connectivity index (χ2n) is 7.53. The Hall–Kier alpha value is -4.72. The summed E-state index contributed by atoms with van der Waals surface area (Å²) in [5.74, 6) is -1.63. The van der Waals surface area contributed by atoms with Crippen LogP contribution in [0.4, 0.5) is 16.2 Å². The van der Waals surface area contributed by atoms with Crippen molar-refractivity contribution < 1.29 is 23.9 Å². The van der Waals surface area contributed by atoms with E-state index in [2.05, 4.69) is 10.6 Å². The van der Waals surface area contributed by atoms with Gasteiger partial charge in [0, 0.05) is 11.3 Å². The summed E-state index contributed by atoms with van der Waals surface area (Å²) in [6.45, 7) is 1.61. The summed E-state index contributed by atoms with van der Waals surface area (Å²) in [5.41, 5.74) is 2.12. The zero-order chi connectivity index (χ0) is 24.1. The van der Waals surface area contributed by atoms with E-state index in [1.54, 1.807) is 72.8 Å². The number of nitrogens with one attached hydrogen (secondary N) is 2. The Morgan fingerprint density at radius 3 is 2.35 bits per heavy atom. The molecular formula is C26H21N3O5. The highest BCUT2D eigenvalue weighted by Gasteiger charge is 2.36. The minimum atomic E-state index is -0.821. The summed E-state index contributed by atoms with van der Waals surface area (Å²) in [4.78, 5) is 51.1. The Morgan fingerprint density at radius 2 is 1.62 bits per heavy atom. The third-order valence-electron chi connectivity index (χ3n) is 5.03. The van der Waals surface area contributed by atoms with Crippen LogP contribution in [-0.2, 0) is 14.4 Å². The second-order valence-corrected chi connectivity index (χ2v) is 7.53. The lowest BCUT2D eigenvalue weighted by Gasteiger charge is -2.26. The summed E-state index contributed by atoms with van der Waals surface area (Å²) in [6.07, 6.45) is 1.34. The molecule has 0 aromatic heterocycles. The second kappa shape index (κ2) is 9.83. The number of imide groups is 2. The zero-order valence-electron chi connectivity index (χ0n) is 18.3. The number of para-hydroxylation sites is 2. The van der Waals surface area contributed by atoms with Crippen LogP contribution in [0, 0.1) is 6.92 Å². The minimum Gasteiger partial charge on any atom is -0.483 e. The highest BCUT2D eigenvalue weighted by molar-refractivity contribution is 6.39. The largest absolute Gasteiger partial charge is 0.483 e. The Labute approximate surface area is 195 Å². The normalized spacial score (nSPS) is 14.7. The fourth-order valence-corrected chi connectivity index (χ4v) is 3.33. The van der Waals surface area contributed by atoms with Crippen molar-refractivity contribution in [2.24, 2.45) is 0 Å². The van der Waals surface area contributed by atoms with Gasteiger partial charge >= 0.3 is 6.03 Å². The first kappa shape index (κ1) is 22.5. The summed E-state index contributed by atoms with van der Waals surface area (Å²) in [6, 6.07) is 21.6. The zero-order valence-corrected chi connectivity index (χ0v) is 18.3. The van der Waals surface area contributed by atoms with Crippen molar-refractivity contribution in [2.75, 3.05) is 16.8 Å². The van der Waals surface area contributed by atoms with Gasteiger partial charge in [-0.25, -0.2) is 9.69 Å². The summed E-state index contributed by atoms with van der Waals surface area (Å²) in [5, 5.41) is 4.91. The van der Waals surface area contributed by atoms with Crippen molar-refractivity contribution >= 4 is 41.2 Å². The number of rotatable bonds is 6. The van der Waals surface area contributed by atoms with Gasteiger partial charge in [0.1, 0.15) is 11.3 Å². The van der Waals surface area contributed by atoms with Crippen LogP contribution in [0.15, 0.2) is 84.4 Å². The highest BCUT2D eigenvalue weighted by Crippen LogP contribution is 2.25. The van der Waals surface area contributed by atoms with Crippen molar-refractivity contribution in [3.63, 3.8) is 0 Å². The fourth-order valence-electron chi connectivity index (χ4n) is 3.33. The number of aryl methyl sites for hydroxylation is 1. The van der Waals surface area contributed by atoms with Crippen molar-refractivity contribution in [1.82, 2.24) is 5.32 Å². The maximum atomic E-state index is 13.1. The van der Waals surface area contributed by atoms with E-state index in [0.29, 0.717) is 22.7 Å². The van der Waals surface area contributed by atoms with Gasteiger partial charge in [-0.2, -0.15) is 0 Å². The van der Waals surface area contributed by atoms with Gasteiger partial charge in [0.05, 0.1) is 5.69 Å². The third-order valence-corrected chi connectivity index (χ3v) is 5.03. The lowest BCUT2D eigenvalue weighted by Crippen LogP contribution is -2.54. The number of barbiturate groups is 1. The first-order chi connectivity index (χ1) is 16.4. The SMILES string of the molecule is Cc1ccc(N2C(=O)NC(=O)/C(=C\c3ccccc3OCC(=O)Nc3ccccc3)C2=O)cc1. The number of urea groups is 1. The molecule has 8 nitrogen and oxygen atoms in total. The lowest BCUT2D eigenvalue weighted by atomic mass is 10.1. The van der Waals surface area contributed by atoms with E-state index < -0.39 is 17.8 Å². The number of amides is 5. The van der Waals surface area contributed by atoms with Gasteiger partial charge in [0.15, 0.2) is 6.61 Å². The van der Waals surface area contributed by atoms with E-state index in [9.17, 15) is 19.2 Å². The van der Waals surface area contributed by atoms with Gasteiger partial charge in [-0.3, -0.25) is 19.7 Å². The van der Waals surface area contributed by atoms with E-state index in [1.165, 1.54) is 6.08 Å². The van der Waals surface area contributed by atoms with Gasteiger partial charge in [0.25, 0.3) is 17.7 Å². The molecule has 3 aromatic carbocycles. The summed E-state index contributed by atoms with van der Waals surface area (Å²) in [7, 11) is 0. The number of nitrogens with zero attached hydrogens (tertiary/aromatic N) is 1. The molecule has 1 saturated heterocycles. The van der Waals surface area contributed by atoms with E-state index in [0.717, 1.165) is 10.5 Å². The van der Waals surface area contributed by atoms with Crippen LogP contribution in [0.2, 0.25) is 0 Å². The van der Waals surface area contributed by atoms with Crippen LogP contribution in [0.3, 0.4) is 0 Å². The van der Waals surface area contributed by atoms with Gasteiger partial charge in [-0.15, -0.1) is 0 Å². The molecular weight excluding hydrogens is 434 g/mol. The van der Waals surface area contributed by atoms with Crippen LogP contribution in [0.1, 0.15) is 11.1 Å². The Bertz CT molecular complexity index is 1280.